The minimum Gasteiger partial charge on any atom is -0.288 e. The Bertz CT molecular complexity index is 596. The zero-order valence-corrected chi connectivity index (χ0v) is 11.5. The molecule has 1 aromatic heterocycles. The smallest absolute Gasteiger partial charge is 0.270 e. The zero-order valence-electron chi connectivity index (χ0n) is 10.7. The third kappa shape index (κ3) is 3.29. The van der Waals surface area contributed by atoms with Gasteiger partial charge in [0.2, 0.25) is 0 Å². The molecular formula is C12H14ClN5O. The summed E-state index contributed by atoms with van der Waals surface area (Å²) in [4.78, 5) is 13.4. The van der Waals surface area contributed by atoms with Crippen LogP contribution in [-0.4, -0.2) is 26.1 Å². The van der Waals surface area contributed by atoms with Crippen molar-refractivity contribution in [3.05, 3.63) is 34.3 Å². The van der Waals surface area contributed by atoms with Gasteiger partial charge in [-0.1, -0.05) is 29.7 Å². The van der Waals surface area contributed by atoms with Gasteiger partial charge in [0, 0.05) is 0 Å². The Hall–Kier alpha value is -1.95. The van der Waals surface area contributed by atoms with Gasteiger partial charge in [-0.2, -0.15) is 4.80 Å². The number of amides is 1. The van der Waals surface area contributed by atoms with Gasteiger partial charge in [-0.15, -0.1) is 5.10 Å². The summed E-state index contributed by atoms with van der Waals surface area (Å²) < 4.78 is 0. The number of aromatic nitrogens is 4. The largest absolute Gasteiger partial charge is 0.288 e. The molecule has 0 radical (unpaired) electrons. The van der Waals surface area contributed by atoms with E-state index in [1.165, 1.54) is 4.80 Å². The fraction of sp³-hybridized carbons (Fsp3) is 0.333. The average molecular weight is 280 g/mol. The highest BCUT2D eigenvalue weighted by Gasteiger charge is 2.13. The summed E-state index contributed by atoms with van der Waals surface area (Å²) in [6.07, 6.45) is 0.896. The molecule has 0 aliphatic heterocycles. The van der Waals surface area contributed by atoms with Crippen molar-refractivity contribution in [2.24, 2.45) is 0 Å². The van der Waals surface area contributed by atoms with Crippen LogP contribution in [0.1, 0.15) is 29.3 Å². The first-order valence-electron chi connectivity index (χ1n) is 5.95. The fourth-order valence-electron chi connectivity index (χ4n) is 1.56. The van der Waals surface area contributed by atoms with Gasteiger partial charge >= 0.3 is 0 Å². The van der Waals surface area contributed by atoms with Crippen LogP contribution in [0, 0.1) is 6.92 Å². The van der Waals surface area contributed by atoms with Gasteiger partial charge in [-0.05, 0) is 36.3 Å². The first kappa shape index (κ1) is 13.5. The van der Waals surface area contributed by atoms with E-state index in [-0.39, 0.29) is 11.9 Å². The van der Waals surface area contributed by atoms with Crippen LogP contribution in [0.5, 0.6) is 0 Å². The SMILES string of the molecule is CCCn1nnc(NC(=O)c2ccc(C)cc2Cl)n1. The lowest BCUT2D eigenvalue weighted by Crippen LogP contribution is -2.14. The maximum absolute atomic E-state index is 12.0. The molecule has 2 rings (SSSR count). The molecule has 0 bridgehead atoms. The molecule has 0 unspecified atom stereocenters. The van der Waals surface area contributed by atoms with Crippen molar-refractivity contribution >= 4 is 23.5 Å². The molecule has 2 aromatic rings. The van der Waals surface area contributed by atoms with Crippen molar-refractivity contribution in [1.82, 2.24) is 20.2 Å². The van der Waals surface area contributed by atoms with Crippen LogP contribution in [0.4, 0.5) is 5.95 Å². The van der Waals surface area contributed by atoms with Crippen LogP contribution in [0.15, 0.2) is 18.2 Å². The van der Waals surface area contributed by atoms with Crippen molar-refractivity contribution in [3.63, 3.8) is 0 Å². The number of nitrogens with one attached hydrogen (secondary N) is 1. The highest BCUT2D eigenvalue weighted by molar-refractivity contribution is 6.34. The van der Waals surface area contributed by atoms with Crippen molar-refractivity contribution < 1.29 is 4.79 Å². The molecule has 1 heterocycles. The highest BCUT2D eigenvalue weighted by atomic mass is 35.5. The number of nitrogens with zero attached hydrogens (tertiary/aromatic N) is 4. The monoisotopic (exact) mass is 279 g/mol. The van der Waals surface area contributed by atoms with Gasteiger partial charge in [0.25, 0.3) is 11.9 Å². The van der Waals surface area contributed by atoms with E-state index in [0.717, 1.165) is 12.0 Å². The molecule has 1 amide bonds. The van der Waals surface area contributed by atoms with Gasteiger partial charge in [-0.3, -0.25) is 10.1 Å². The Labute approximate surface area is 115 Å². The Morgan fingerprint density at radius 1 is 1.47 bits per heavy atom. The minimum absolute atomic E-state index is 0.176. The van der Waals surface area contributed by atoms with E-state index in [1.807, 2.05) is 19.9 Å². The average Bonchev–Trinajstić information content (AvgIpc) is 2.76. The van der Waals surface area contributed by atoms with E-state index in [1.54, 1.807) is 12.1 Å². The molecule has 0 atom stereocenters. The van der Waals surface area contributed by atoms with Crippen LogP contribution in [0.3, 0.4) is 0 Å². The molecule has 7 heteroatoms. The number of tetrazole rings is 1. The Morgan fingerprint density at radius 3 is 2.95 bits per heavy atom. The molecule has 19 heavy (non-hydrogen) atoms. The third-order valence-corrected chi connectivity index (χ3v) is 2.78. The highest BCUT2D eigenvalue weighted by Crippen LogP contribution is 2.18. The van der Waals surface area contributed by atoms with Gasteiger partial charge in [0.15, 0.2) is 0 Å². The lowest BCUT2D eigenvalue weighted by atomic mass is 10.1. The molecule has 1 aromatic carbocycles. The van der Waals surface area contributed by atoms with E-state index >= 15 is 0 Å². The van der Waals surface area contributed by atoms with Crippen LogP contribution in [0.25, 0.3) is 0 Å². The molecule has 0 aliphatic carbocycles. The first-order chi connectivity index (χ1) is 9.10. The van der Waals surface area contributed by atoms with Gasteiger partial charge in [-0.25, -0.2) is 0 Å². The van der Waals surface area contributed by atoms with Crippen molar-refractivity contribution in [1.29, 1.82) is 0 Å². The second kappa shape index (κ2) is 5.79. The second-order valence-corrected chi connectivity index (χ2v) is 4.55. The number of hydrogen-bond acceptors (Lipinski definition) is 4. The van der Waals surface area contributed by atoms with Gasteiger partial charge in [0.05, 0.1) is 17.1 Å². The summed E-state index contributed by atoms with van der Waals surface area (Å²) >= 11 is 6.02. The predicted octanol–water partition coefficient (Wildman–Crippen LogP) is 2.30. The first-order valence-corrected chi connectivity index (χ1v) is 6.33. The molecule has 6 nitrogen and oxygen atoms in total. The summed E-state index contributed by atoms with van der Waals surface area (Å²) in [6, 6.07) is 5.23. The number of halogens is 1. The lowest BCUT2D eigenvalue weighted by Gasteiger charge is -2.03. The van der Waals surface area contributed by atoms with E-state index in [0.29, 0.717) is 17.1 Å². The Morgan fingerprint density at radius 2 is 2.26 bits per heavy atom. The fourth-order valence-corrected chi connectivity index (χ4v) is 1.88. The number of carbonyl (C=O) groups is 1. The zero-order chi connectivity index (χ0) is 13.8. The summed E-state index contributed by atoms with van der Waals surface area (Å²) in [7, 11) is 0. The normalized spacial score (nSPS) is 10.5. The summed E-state index contributed by atoms with van der Waals surface area (Å²) in [5.74, 6) is -0.170. The number of carbonyl (C=O) groups excluding carboxylic acids is 1. The van der Waals surface area contributed by atoms with Crippen LogP contribution >= 0.6 is 11.6 Å². The molecular weight excluding hydrogens is 266 g/mol. The Balaban J connectivity index is 2.11. The quantitative estimate of drug-likeness (QED) is 0.932. The van der Waals surface area contributed by atoms with E-state index in [4.69, 9.17) is 11.6 Å². The molecule has 100 valence electrons. The topological polar surface area (TPSA) is 72.7 Å². The standard InChI is InChI=1S/C12H14ClN5O/c1-3-6-18-16-12(15-17-18)14-11(19)9-5-4-8(2)7-10(9)13/h4-5,7H,3,6H2,1-2H3,(H,14,16,19). The molecule has 0 saturated heterocycles. The number of rotatable bonds is 4. The van der Waals surface area contributed by atoms with Gasteiger partial charge in [0.1, 0.15) is 0 Å². The minimum atomic E-state index is -0.346. The number of benzene rings is 1. The number of anilines is 1. The second-order valence-electron chi connectivity index (χ2n) is 4.15. The maximum Gasteiger partial charge on any atom is 0.270 e. The Kier molecular flexibility index (Phi) is 4.11. The molecule has 0 spiro atoms. The maximum atomic E-state index is 12.0. The number of aryl methyl sites for hydroxylation is 2. The molecule has 0 fully saturated rings. The third-order valence-electron chi connectivity index (χ3n) is 2.47. The molecule has 0 aliphatic rings. The number of hydrogen-bond donors (Lipinski definition) is 1. The lowest BCUT2D eigenvalue weighted by molar-refractivity contribution is 0.102. The molecule has 1 N–H and O–H groups in total. The van der Waals surface area contributed by atoms with Crippen molar-refractivity contribution in [2.45, 2.75) is 26.8 Å². The van der Waals surface area contributed by atoms with Crippen molar-refractivity contribution in [2.75, 3.05) is 5.32 Å². The predicted molar refractivity (Wildman–Crippen MR) is 72.3 cm³/mol. The van der Waals surface area contributed by atoms with Gasteiger partial charge < -0.3 is 0 Å². The summed E-state index contributed by atoms with van der Waals surface area (Å²) in [5.41, 5.74) is 1.38. The van der Waals surface area contributed by atoms with E-state index in [9.17, 15) is 4.79 Å². The molecule has 0 saturated carbocycles. The van der Waals surface area contributed by atoms with Crippen LogP contribution in [0.2, 0.25) is 5.02 Å². The van der Waals surface area contributed by atoms with Crippen molar-refractivity contribution in [3.8, 4) is 0 Å². The summed E-state index contributed by atoms with van der Waals surface area (Å²) in [6.45, 7) is 4.58. The summed E-state index contributed by atoms with van der Waals surface area (Å²) in [5, 5.41) is 14.6. The van der Waals surface area contributed by atoms with E-state index in [2.05, 4.69) is 20.7 Å². The van der Waals surface area contributed by atoms with Crippen LogP contribution < -0.4 is 5.32 Å². The van der Waals surface area contributed by atoms with Crippen LogP contribution in [-0.2, 0) is 6.54 Å². The van der Waals surface area contributed by atoms with E-state index < -0.39 is 0 Å².